The normalized spacial score (nSPS) is 20.0. The number of nitrogens with zero attached hydrogens (tertiary/aromatic N) is 1. The van der Waals surface area contributed by atoms with Crippen LogP contribution in [0.1, 0.15) is 31.9 Å². The third-order valence-electron chi connectivity index (χ3n) is 5.29. The van der Waals surface area contributed by atoms with Crippen LogP contribution in [0.3, 0.4) is 0 Å². The van der Waals surface area contributed by atoms with Gasteiger partial charge < -0.3 is 26.0 Å². The smallest absolute Gasteiger partial charge is 0.312 e. The van der Waals surface area contributed by atoms with E-state index in [-0.39, 0.29) is 24.4 Å². The number of primary amides is 1. The molecule has 7 nitrogen and oxygen atoms in total. The summed E-state index contributed by atoms with van der Waals surface area (Å²) < 4.78 is 5.88. The minimum Gasteiger partial charge on any atom is -0.457 e. The molecule has 0 radical (unpaired) electrons. The molecule has 1 heterocycles. The van der Waals surface area contributed by atoms with Crippen LogP contribution in [0.4, 0.5) is 4.79 Å². The summed E-state index contributed by atoms with van der Waals surface area (Å²) in [4.78, 5) is 26.4. The van der Waals surface area contributed by atoms with Crippen molar-refractivity contribution in [3.05, 3.63) is 60.2 Å². The molecule has 0 aliphatic carbocycles. The van der Waals surface area contributed by atoms with Crippen LogP contribution in [-0.4, -0.2) is 42.0 Å². The topological polar surface area (TPSA) is 96.7 Å². The van der Waals surface area contributed by atoms with E-state index in [1.54, 1.807) is 0 Å². The predicted molar refractivity (Wildman–Crippen MR) is 112 cm³/mol. The van der Waals surface area contributed by atoms with E-state index in [1.165, 1.54) is 0 Å². The van der Waals surface area contributed by atoms with Crippen LogP contribution in [0.5, 0.6) is 11.5 Å². The van der Waals surface area contributed by atoms with Crippen molar-refractivity contribution < 1.29 is 14.3 Å². The fourth-order valence-electron chi connectivity index (χ4n) is 3.54. The van der Waals surface area contributed by atoms with Crippen LogP contribution in [-0.2, 0) is 4.79 Å². The lowest BCUT2D eigenvalue weighted by Gasteiger charge is -2.39. The Bertz CT molecular complexity index is 843. The van der Waals surface area contributed by atoms with E-state index < -0.39 is 12.1 Å². The van der Waals surface area contributed by atoms with Crippen molar-refractivity contribution in [2.24, 2.45) is 5.73 Å². The molecule has 4 N–H and O–H groups in total. The molecule has 1 fully saturated rings. The zero-order chi connectivity index (χ0) is 20.8. The SMILES string of the molecule is CC1NCCN(C(=O)CC(NC(N)=O)c2cccc(Oc3ccccc3)c2)C1C. The third kappa shape index (κ3) is 5.48. The van der Waals surface area contributed by atoms with Gasteiger partial charge in [0.05, 0.1) is 12.5 Å². The molecule has 7 heteroatoms. The average molecular weight is 396 g/mol. The molecule has 0 spiro atoms. The molecule has 1 saturated heterocycles. The second-order valence-corrected chi connectivity index (χ2v) is 7.32. The lowest BCUT2D eigenvalue weighted by atomic mass is 10.0. The van der Waals surface area contributed by atoms with Gasteiger partial charge >= 0.3 is 6.03 Å². The third-order valence-corrected chi connectivity index (χ3v) is 5.29. The fraction of sp³-hybridized carbons (Fsp3) is 0.364. The van der Waals surface area contributed by atoms with E-state index >= 15 is 0 Å². The van der Waals surface area contributed by atoms with Gasteiger partial charge in [0.2, 0.25) is 5.91 Å². The van der Waals surface area contributed by atoms with Gasteiger partial charge in [0, 0.05) is 25.2 Å². The van der Waals surface area contributed by atoms with E-state index in [4.69, 9.17) is 10.5 Å². The van der Waals surface area contributed by atoms with Crippen molar-refractivity contribution in [2.45, 2.75) is 38.4 Å². The predicted octanol–water partition coefficient (Wildman–Crippen LogP) is 2.79. The van der Waals surface area contributed by atoms with Gasteiger partial charge in [-0.05, 0) is 43.7 Å². The second-order valence-electron chi connectivity index (χ2n) is 7.32. The van der Waals surface area contributed by atoms with Crippen LogP contribution in [0.2, 0.25) is 0 Å². The van der Waals surface area contributed by atoms with Gasteiger partial charge in [0.1, 0.15) is 11.5 Å². The minimum atomic E-state index is -0.668. The highest BCUT2D eigenvalue weighted by Crippen LogP contribution is 2.27. The standard InChI is InChI=1S/C22H28N4O3/c1-15-16(2)26(12-11-24-15)21(27)14-20(25-22(23)28)17-7-6-10-19(13-17)29-18-8-4-3-5-9-18/h3-10,13,15-16,20,24H,11-12,14H2,1-2H3,(H3,23,25,28). The number of hydrogen-bond donors (Lipinski definition) is 3. The first-order valence-electron chi connectivity index (χ1n) is 9.85. The van der Waals surface area contributed by atoms with Crippen molar-refractivity contribution in [2.75, 3.05) is 13.1 Å². The molecule has 3 atom stereocenters. The minimum absolute atomic E-state index is 0.0148. The van der Waals surface area contributed by atoms with Gasteiger partial charge in [-0.15, -0.1) is 0 Å². The maximum absolute atomic E-state index is 13.0. The lowest BCUT2D eigenvalue weighted by molar-refractivity contribution is -0.135. The summed E-state index contributed by atoms with van der Waals surface area (Å²) in [5.41, 5.74) is 6.14. The Balaban J connectivity index is 1.77. The molecule has 3 amide bonds. The fourth-order valence-corrected chi connectivity index (χ4v) is 3.54. The van der Waals surface area contributed by atoms with Crippen molar-refractivity contribution >= 4 is 11.9 Å². The first kappa shape index (κ1) is 20.7. The zero-order valence-electron chi connectivity index (χ0n) is 16.8. The Hall–Kier alpha value is -3.06. The number of hydrogen-bond acceptors (Lipinski definition) is 4. The maximum atomic E-state index is 13.0. The summed E-state index contributed by atoms with van der Waals surface area (Å²) in [6.45, 7) is 5.49. The summed E-state index contributed by atoms with van der Waals surface area (Å²) in [6.07, 6.45) is 0.134. The maximum Gasteiger partial charge on any atom is 0.312 e. The Labute approximate surface area is 171 Å². The van der Waals surface area contributed by atoms with Gasteiger partial charge in [0.15, 0.2) is 0 Å². The molecule has 2 aromatic rings. The summed E-state index contributed by atoms with van der Waals surface area (Å²) in [5, 5.41) is 6.07. The van der Waals surface area contributed by atoms with Gasteiger partial charge in [-0.1, -0.05) is 30.3 Å². The Kier molecular flexibility index (Phi) is 6.72. The van der Waals surface area contributed by atoms with Crippen molar-refractivity contribution in [3.8, 4) is 11.5 Å². The van der Waals surface area contributed by atoms with Crippen LogP contribution < -0.4 is 21.1 Å². The van der Waals surface area contributed by atoms with E-state index in [0.717, 1.165) is 12.1 Å². The molecular weight excluding hydrogens is 368 g/mol. The molecule has 29 heavy (non-hydrogen) atoms. The van der Waals surface area contributed by atoms with Gasteiger partial charge in [-0.2, -0.15) is 0 Å². The van der Waals surface area contributed by atoms with Crippen LogP contribution in [0, 0.1) is 0 Å². The molecule has 1 aliphatic heterocycles. The Morgan fingerprint density at radius 1 is 1.17 bits per heavy atom. The largest absolute Gasteiger partial charge is 0.457 e. The number of rotatable bonds is 6. The van der Waals surface area contributed by atoms with E-state index in [1.807, 2.05) is 66.4 Å². The van der Waals surface area contributed by atoms with E-state index in [2.05, 4.69) is 17.6 Å². The number of carbonyl (C=O) groups is 2. The average Bonchev–Trinajstić information content (AvgIpc) is 2.70. The molecule has 1 aliphatic rings. The number of nitrogens with one attached hydrogen (secondary N) is 2. The summed E-state index contributed by atoms with van der Waals surface area (Å²) in [5.74, 6) is 1.32. The molecule has 154 valence electrons. The summed E-state index contributed by atoms with van der Waals surface area (Å²) >= 11 is 0. The second kappa shape index (κ2) is 9.43. The van der Waals surface area contributed by atoms with E-state index in [0.29, 0.717) is 18.0 Å². The zero-order valence-corrected chi connectivity index (χ0v) is 16.8. The molecule has 2 aromatic carbocycles. The number of benzene rings is 2. The van der Waals surface area contributed by atoms with Gasteiger partial charge in [0.25, 0.3) is 0 Å². The summed E-state index contributed by atoms with van der Waals surface area (Å²) in [6, 6.07) is 15.9. The molecule has 0 aromatic heterocycles. The first-order chi connectivity index (χ1) is 13.9. The Morgan fingerprint density at radius 3 is 2.62 bits per heavy atom. The van der Waals surface area contributed by atoms with Crippen LogP contribution in [0.25, 0.3) is 0 Å². The molecule has 0 bridgehead atoms. The lowest BCUT2D eigenvalue weighted by Crippen LogP contribution is -2.57. The van der Waals surface area contributed by atoms with Crippen molar-refractivity contribution in [1.82, 2.24) is 15.5 Å². The highest BCUT2D eigenvalue weighted by atomic mass is 16.5. The molecule has 0 saturated carbocycles. The Morgan fingerprint density at radius 2 is 1.90 bits per heavy atom. The first-order valence-corrected chi connectivity index (χ1v) is 9.85. The number of piperazine rings is 1. The number of carbonyl (C=O) groups excluding carboxylic acids is 2. The number of urea groups is 1. The molecule has 3 unspecified atom stereocenters. The quantitative estimate of drug-likeness (QED) is 0.699. The number of nitrogens with two attached hydrogens (primary N) is 1. The summed E-state index contributed by atoms with van der Waals surface area (Å²) in [7, 11) is 0. The van der Waals surface area contributed by atoms with Gasteiger partial charge in [-0.3, -0.25) is 4.79 Å². The molecule has 3 rings (SSSR count). The van der Waals surface area contributed by atoms with Crippen LogP contribution >= 0.6 is 0 Å². The van der Waals surface area contributed by atoms with Crippen molar-refractivity contribution in [1.29, 1.82) is 0 Å². The number of amides is 3. The monoisotopic (exact) mass is 396 g/mol. The van der Waals surface area contributed by atoms with E-state index in [9.17, 15) is 9.59 Å². The van der Waals surface area contributed by atoms with Crippen LogP contribution in [0.15, 0.2) is 54.6 Å². The van der Waals surface area contributed by atoms with Gasteiger partial charge in [-0.25, -0.2) is 4.79 Å². The highest BCUT2D eigenvalue weighted by molar-refractivity contribution is 5.79. The molecular formula is C22H28N4O3. The number of para-hydroxylation sites is 1. The number of ether oxygens (including phenoxy) is 1. The van der Waals surface area contributed by atoms with Crippen molar-refractivity contribution in [3.63, 3.8) is 0 Å². The highest BCUT2D eigenvalue weighted by Gasteiger charge is 2.30.